The lowest BCUT2D eigenvalue weighted by molar-refractivity contribution is 0.669. The van der Waals surface area contributed by atoms with E-state index in [2.05, 4.69) is 223 Å². The maximum absolute atomic E-state index is 6.71. The van der Waals surface area contributed by atoms with Gasteiger partial charge in [-0.1, -0.05) is 188 Å². The highest BCUT2D eigenvalue weighted by Gasteiger charge is 2.22. The van der Waals surface area contributed by atoms with Crippen molar-refractivity contribution in [2.75, 3.05) is 0 Å². The lowest BCUT2D eigenvalue weighted by Crippen LogP contribution is -2.02. The SMILES string of the molecule is c1ccc(-c2ccc(-c3ccc(-c4nc(-c5ccccc5)nc(-c5ccc(-n6c7ccccc7c7cc8ccccc8cc76)c(-c6cccc7oc8cc9ccccc9cc8c67)c5)n4)cc3)cc2)cc1. The minimum Gasteiger partial charge on any atom is -0.456 e. The highest BCUT2D eigenvalue weighted by Crippen LogP contribution is 2.44. The van der Waals surface area contributed by atoms with Crippen molar-refractivity contribution in [3.05, 3.63) is 243 Å². The molecular weight excluding hydrogens is 853 g/mol. The topological polar surface area (TPSA) is 56.7 Å². The van der Waals surface area contributed by atoms with Crippen molar-refractivity contribution in [3.63, 3.8) is 0 Å². The van der Waals surface area contributed by atoms with Gasteiger partial charge in [-0.3, -0.25) is 0 Å². The van der Waals surface area contributed by atoms with E-state index >= 15 is 0 Å². The number of furan rings is 1. The molecule has 0 radical (unpaired) electrons. The first kappa shape index (κ1) is 39.7. The van der Waals surface area contributed by atoms with Crippen molar-refractivity contribution in [2.24, 2.45) is 0 Å². The van der Waals surface area contributed by atoms with Crippen LogP contribution in [0, 0.1) is 0 Å². The van der Waals surface area contributed by atoms with E-state index in [1.807, 2.05) is 24.3 Å². The van der Waals surface area contributed by atoms with Gasteiger partial charge in [-0.15, -0.1) is 0 Å². The Balaban J connectivity index is 0.977. The molecule has 3 aromatic heterocycles. The van der Waals surface area contributed by atoms with Gasteiger partial charge in [0.05, 0.1) is 16.7 Å². The summed E-state index contributed by atoms with van der Waals surface area (Å²) in [6, 6.07) is 85.9. The number of rotatable bonds is 7. The zero-order chi connectivity index (χ0) is 46.1. The molecule has 3 heterocycles. The standard InChI is InChI=1S/C65H40N4O/c1-3-14-41(15-4-1)42-26-28-43(29-27-42)44-30-32-46(33-31-44)64-66-63(45-16-5-2-6-17-45)67-65(68-64)51-34-35-58(69-57-24-12-11-22-52(57)54-36-47-18-7-9-20-49(47)39-59(54)69)55(38-51)53-23-13-25-60-62(53)56-37-48-19-8-10-21-50(48)40-61(56)70-60/h1-40H. The van der Waals surface area contributed by atoms with Gasteiger partial charge in [-0.05, 0) is 104 Å². The van der Waals surface area contributed by atoms with Crippen molar-refractivity contribution in [3.8, 4) is 73.2 Å². The fourth-order valence-electron chi connectivity index (χ4n) is 10.4. The van der Waals surface area contributed by atoms with Gasteiger partial charge < -0.3 is 8.98 Å². The first-order valence-electron chi connectivity index (χ1n) is 23.7. The normalized spacial score (nSPS) is 11.7. The van der Waals surface area contributed by atoms with Crippen LogP contribution in [-0.2, 0) is 0 Å². The van der Waals surface area contributed by atoms with E-state index in [4.69, 9.17) is 19.4 Å². The highest BCUT2D eigenvalue weighted by atomic mass is 16.3. The van der Waals surface area contributed by atoms with Crippen LogP contribution in [0.3, 0.4) is 0 Å². The first-order valence-corrected chi connectivity index (χ1v) is 23.7. The number of benzene rings is 11. The molecule has 0 unspecified atom stereocenters. The number of hydrogen-bond donors (Lipinski definition) is 0. The first-order chi connectivity index (χ1) is 34.7. The molecule has 0 bridgehead atoms. The van der Waals surface area contributed by atoms with Gasteiger partial charge in [-0.2, -0.15) is 0 Å². The molecule has 0 saturated heterocycles. The Morgan fingerprint density at radius 1 is 0.286 bits per heavy atom. The second-order valence-electron chi connectivity index (χ2n) is 18.0. The van der Waals surface area contributed by atoms with Crippen molar-refractivity contribution >= 4 is 65.3 Å². The van der Waals surface area contributed by atoms with Gasteiger partial charge in [0.2, 0.25) is 0 Å². The minimum atomic E-state index is 0.584. The summed E-state index contributed by atoms with van der Waals surface area (Å²) in [6.07, 6.45) is 0. The van der Waals surface area contributed by atoms with Crippen LogP contribution in [0.25, 0.3) is 139 Å². The van der Waals surface area contributed by atoms with Crippen LogP contribution in [0.1, 0.15) is 0 Å². The summed E-state index contributed by atoms with van der Waals surface area (Å²) in [5.41, 5.74) is 14.4. The molecule has 70 heavy (non-hydrogen) atoms. The lowest BCUT2D eigenvalue weighted by Gasteiger charge is -2.17. The number of aromatic nitrogens is 4. The fraction of sp³-hybridized carbons (Fsp3) is 0. The molecule has 0 amide bonds. The van der Waals surface area contributed by atoms with Crippen molar-refractivity contribution < 1.29 is 4.42 Å². The summed E-state index contributed by atoms with van der Waals surface area (Å²) < 4.78 is 9.13. The molecule has 11 aromatic carbocycles. The van der Waals surface area contributed by atoms with Crippen molar-refractivity contribution in [1.82, 2.24) is 19.5 Å². The van der Waals surface area contributed by atoms with Gasteiger partial charge >= 0.3 is 0 Å². The Morgan fingerprint density at radius 2 is 0.771 bits per heavy atom. The molecule has 0 aliphatic heterocycles. The van der Waals surface area contributed by atoms with Gasteiger partial charge in [0.15, 0.2) is 17.5 Å². The second kappa shape index (κ2) is 16.1. The zero-order valence-corrected chi connectivity index (χ0v) is 37.8. The molecule has 0 spiro atoms. The van der Waals surface area contributed by atoms with Crippen LogP contribution in [0.15, 0.2) is 247 Å². The molecule has 0 N–H and O–H groups in total. The van der Waals surface area contributed by atoms with E-state index < -0.39 is 0 Å². The van der Waals surface area contributed by atoms with Crippen molar-refractivity contribution in [1.29, 1.82) is 0 Å². The van der Waals surface area contributed by atoms with E-state index in [-0.39, 0.29) is 0 Å². The van der Waals surface area contributed by atoms with Gasteiger partial charge in [0.25, 0.3) is 0 Å². The minimum absolute atomic E-state index is 0.584. The number of nitrogens with zero attached hydrogens (tertiary/aromatic N) is 4. The quantitative estimate of drug-likeness (QED) is 0.160. The fourth-order valence-corrected chi connectivity index (χ4v) is 10.4. The average molecular weight is 893 g/mol. The highest BCUT2D eigenvalue weighted by molar-refractivity contribution is 6.18. The number of fused-ring (bicyclic) bond motifs is 8. The average Bonchev–Trinajstić information content (AvgIpc) is 3.96. The molecule has 0 atom stereocenters. The second-order valence-corrected chi connectivity index (χ2v) is 18.0. The monoisotopic (exact) mass is 892 g/mol. The molecular formula is C65H40N4O. The van der Waals surface area contributed by atoms with Crippen LogP contribution in [0.4, 0.5) is 0 Å². The van der Waals surface area contributed by atoms with Gasteiger partial charge in [-0.25, -0.2) is 15.0 Å². The summed E-state index contributed by atoms with van der Waals surface area (Å²) in [5, 5.41) is 9.23. The molecule has 0 aliphatic carbocycles. The van der Waals surface area contributed by atoms with E-state index in [1.165, 1.54) is 32.7 Å². The molecule has 326 valence electrons. The number of hydrogen-bond acceptors (Lipinski definition) is 4. The van der Waals surface area contributed by atoms with E-state index in [0.717, 1.165) is 88.4 Å². The Morgan fingerprint density at radius 3 is 1.43 bits per heavy atom. The molecule has 0 fully saturated rings. The third kappa shape index (κ3) is 6.67. The molecule has 14 aromatic rings. The zero-order valence-electron chi connectivity index (χ0n) is 37.8. The predicted molar refractivity (Wildman–Crippen MR) is 289 cm³/mol. The van der Waals surface area contributed by atoms with Crippen LogP contribution in [0.5, 0.6) is 0 Å². The summed E-state index contributed by atoms with van der Waals surface area (Å²) in [6.45, 7) is 0. The largest absolute Gasteiger partial charge is 0.456 e. The maximum Gasteiger partial charge on any atom is 0.164 e. The Hall–Kier alpha value is -9.45. The third-order valence-corrected chi connectivity index (χ3v) is 13.8. The Labute approximate surface area is 403 Å². The van der Waals surface area contributed by atoms with Crippen molar-refractivity contribution in [2.45, 2.75) is 0 Å². The third-order valence-electron chi connectivity index (χ3n) is 13.8. The lowest BCUT2D eigenvalue weighted by atomic mass is 9.95. The Bertz CT molecular complexity index is 4330. The van der Waals surface area contributed by atoms with E-state index in [1.54, 1.807) is 0 Å². The van der Waals surface area contributed by atoms with Gasteiger partial charge in [0, 0.05) is 43.8 Å². The van der Waals surface area contributed by atoms with E-state index in [9.17, 15) is 0 Å². The predicted octanol–water partition coefficient (Wildman–Crippen LogP) is 17.2. The molecule has 14 rings (SSSR count). The van der Waals surface area contributed by atoms with Crippen LogP contribution in [-0.4, -0.2) is 19.5 Å². The van der Waals surface area contributed by atoms with E-state index in [0.29, 0.717) is 17.5 Å². The van der Waals surface area contributed by atoms with Gasteiger partial charge in [0.1, 0.15) is 11.2 Å². The smallest absolute Gasteiger partial charge is 0.164 e. The maximum atomic E-state index is 6.71. The van der Waals surface area contributed by atoms with Crippen LogP contribution >= 0.6 is 0 Å². The van der Waals surface area contributed by atoms with Crippen LogP contribution in [0.2, 0.25) is 0 Å². The van der Waals surface area contributed by atoms with Crippen LogP contribution < -0.4 is 0 Å². The Kier molecular flexibility index (Phi) is 9.14. The molecule has 5 nitrogen and oxygen atoms in total. The number of para-hydroxylation sites is 1. The molecule has 5 heteroatoms. The summed E-state index contributed by atoms with van der Waals surface area (Å²) in [4.78, 5) is 15.7. The summed E-state index contributed by atoms with van der Waals surface area (Å²) in [5.74, 6) is 1.79. The molecule has 0 saturated carbocycles. The summed E-state index contributed by atoms with van der Waals surface area (Å²) >= 11 is 0. The molecule has 0 aliphatic rings. The summed E-state index contributed by atoms with van der Waals surface area (Å²) in [7, 11) is 0.